The van der Waals surface area contributed by atoms with Crippen LogP contribution >= 0.6 is 0 Å². The van der Waals surface area contributed by atoms with Gasteiger partial charge in [-0.2, -0.15) is 0 Å². The zero-order chi connectivity index (χ0) is 20.4. The highest BCUT2D eigenvalue weighted by Crippen LogP contribution is 2.32. The van der Waals surface area contributed by atoms with Crippen LogP contribution < -0.4 is 16.0 Å². The first-order chi connectivity index (χ1) is 13.4. The lowest BCUT2D eigenvalue weighted by atomic mass is 10.1. The monoisotopic (exact) mass is 389 g/mol. The lowest BCUT2D eigenvalue weighted by Crippen LogP contribution is -2.53. The topological polar surface area (TPSA) is 152 Å². The van der Waals surface area contributed by atoms with E-state index in [1.165, 1.54) is 12.7 Å². The summed E-state index contributed by atoms with van der Waals surface area (Å²) in [5.74, 6) is 2.40. The van der Waals surface area contributed by atoms with Gasteiger partial charge < -0.3 is 30.9 Å². The fourth-order valence-electron chi connectivity index (χ4n) is 3.15. The van der Waals surface area contributed by atoms with Crippen molar-refractivity contribution in [3.8, 4) is 12.3 Å². The smallest absolute Gasteiger partial charge is 0.238 e. The normalized spacial score (nSPS) is 25.4. The Morgan fingerprint density at radius 2 is 2.25 bits per heavy atom. The Morgan fingerprint density at radius 3 is 2.89 bits per heavy atom. The highest BCUT2D eigenvalue weighted by molar-refractivity contribution is 5.83. The number of anilines is 1. The van der Waals surface area contributed by atoms with Crippen LogP contribution in [0.1, 0.15) is 12.6 Å². The van der Waals surface area contributed by atoms with Crippen LogP contribution in [0.5, 0.6) is 0 Å². The molecule has 3 rings (SSSR count). The van der Waals surface area contributed by atoms with E-state index in [0.717, 1.165) is 0 Å². The predicted molar refractivity (Wildman–Crippen MR) is 100 cm³/mol. The van der Waals surface area contributed by atoms with Crippen molar-refractivity contribution in [2.24, 2.45) is 5.73 Å². The number of hydrogen-bond acceptors (Lipinski definition) is 9. The average molecular weight is 389 g/mol. The van der Waals surface area contributed by atoms with Gasteiger partial charge in [-0.25, -0.2) is 15.0 Å². The molecule has 2 aromatic heterocycles. The summed E-state index contributed by atoms with van der Waals surface area (Å²) in [4.78, 5) is 26.7. The molecule has 0 bridgehead atoms. The maximum atomic E-state index is 12.2. The molecule has 1 aliphatic heterocycles. The molecule has 28 heavy (non-hydrogen) atoms. The van der Waals surface area contributed by atoms with Crippen molar-refractivity contribution < 1.29 is 19.7 Å². The molecule has 0 spiro atoms. The number of nitrogens with one attached hydrogen (secondary N) is 1. The summed E-state index contributed by atoms with van der Waals surface area (Å²) in [6.07, 6.45) is 5.17. The summed E-state index contributed by atoms with van der Waals surface area (Å²) in [5, 5.41) is 23.0. The highest BCUT2D eigenvalue weighted by Gasteiger charge is 2.46. The van der Waals surface area contributed by atoms with Crippen molar-refractivity contribution in [2.75, 3.05) is 25.6 Å². The van der Waals surface area contributed by atoms with Gasteiger partial charge in [0, 0.05) is 20.5 Å². The van der Waals surface area contributed by atoms with Crippen molar-refractivity contribution in [2.45, 2.75) is 36.9 Å². The van der Waals surface area contributed by atoms with Crippen LogP contribution in [-0.4, -0.2) is 80.6 Å². The Morgan fingerprint density at radius 1 is 1.50 bits per heavy atom. The van der Waals surface area contributed by atoms with Gasteiger partial charge in [0.1, 0.15) is 18.5 Å². The first-order valence-corrected chi connectivity index (χ1v) is 8.67. The summed E-state index contributed by atoms with van der Waals surface area (Å²) in [5.41, 5.74) is 6.70. The fourth-order valence-corrected chi connectivity index (χ4v) is 3.15. The summed E-state index contributed by atoms with van der Waals surface area (Å²) >= 11 is 0. The van der Waals surface area contributed by atoms with Gasteiger partial charge in [0.2, 0.25) is 5.91 Å². The molecular weight excluding hydrogens is 366 g/mol. The molecule has 1 aliphatic rings. The molecule has 3 heterocycles. The van der Waals surface area contributed by atoms with E-state index in [1.807, 2.05) is 14.1 Å². The molecule has 1 unspecified atom stereocenters. The second-order valence-corrected chi connectivity index (χ2v) is 6.70. The van der Waals surface area contributed by atoms with Crippen molar-refractivity contribution >= 4 is 22.9 Å². The number of aliphatic hydroxyl groups is 2. The zero-order valence-corrected chi connectivity index (χ0v) is 15.6. The van der Waals surface area contributed by atoms with E-state index in [-0.39, 0.29) is 6.42 Å². The molecule has 2 aromatic rings. The maximum Gasteiger partial charge on any atom is 0.238 e. The minimum Gasteiger partial charge on any atom is -0.394 e. The summed E-state index contributed by atoms with van der Waals surface area (Å²) < 4.78 is 7.33. The van der Waals surface area contributed by atoms with E-state index in [0.29, 0.717) is 17.0 Å². The number of amides is 1. The van der Waals surface area contributed by atoms with Gasteiger partial charge in [-0.1, -0.05) is 0 Å². The minimum absolute atomic E-state index is 0.0547. The number of terminal acetylenes is 1. The minimum atomic E-state index is -1.17. The Kier molecular flexibility index (Phi) is 5.76. The van der Waals surface area contributed by atoms with Gasteiger partial charge in [0.15, 0.2) is 23.2 Å². The fraction of sp³-hybridized carbons (Fsp3) is 0.529. The maximum absolute atomic E-state index is 12.2. The third-order valence-corrected chi connectivity index (χ3v) is 4.58. The van der Waals surface area contributed by atoms with Gasteiger partial charge >= 0.3 is 0 Å². The first-order valence-electron chi connectivity index (χ1n) is 8.67. The summed E-state index contributed by atoms with van der Waals surface area (Å²) in [6.45, 7) is -0.409. The SMILES string of the molecule is C#CCC(N)C(=O)N[C@H]1[C@@H](O)[C@H](n2cnc3c(N(C)C)ncnc32)O[C@@H]1CO. The van der Waals surface area contributed by atoms with Crippen LogP contribution in [0.4, 0.5) is 5.82 Å². The number of rotatable bonds is 6. The highest BCUT2D eigenvalue weighted by atomic mass is 16.5. The number of aromatic nitrogens is 4. The number of nitrogens with two attached hydrogens (primary N) is 1. The third-order valence-electron chi connectivity index (χ3n) is 4.58. The van der Waals surface area contributed by atoms with E-state index in [1.54, 1.807) is 9.47 Å². The quantitative estimate of drug-likeness (QED) is 0.410. The van der Waals surface area contributed by atoms with Crippen molar-refractivity contribution in [3.63, 3.8) is 0 Å². The third kappa shape index (κ3) is 3.50. The summed E-state index contributed by atoms with van der Waals surface area (Å²) in [7, 11) is 3.66. The molecule has 11 heteroatoms. The summed E-state index contributed by atoms with van der Waals surface area (Å²) in [6, 6.07) is -1.79. The Hall–Kier alpha value is -2.78. The molecule has 1 amide bonds. The molecule has 0 saturated carbocycles. The van der Waals surface area contributed by atoms with Gasteiger partial charge in [-0.3, -0.25) is 9.36 Å². The first kappa shape index (κ1) is 20.0. The van der Waals surface area contributed by atoms with Crippen LogP contribution in [0.15, 0.2) is 12.7 Å². The number of nitrogens with zero attached hydrogens (tertiary/aromatic N) is 5. The standard InChI is InChI=1S/C17H23N7O4/c1-4-5-9(18)16(27)22-11-10(6-25)28-17(13(11)26)24-8-21-12-14(23(2)3)19-7-20-15(12)24/h1,7-11,13,17,25-26H,5-6,18H2,2-3H3,(H,22,27)/t9?,10-,11-,13-,17-/m1/s1. The molecule has 5 atom stereocenters. The average Bonchev–Trinajstić information content (AvgIpc) is 3.23. The van der Waals surface area contributed by atoms with Gasteiger partial charge in [0.25, 0.3) is 0 Å². The van der Waals surface area contributed by atoms with Crippen LogP contribution in [0, 0.1) is 12.3 Å². The Labute approximate surface area is 161 Å². The molecular formula is C17H23N7O4. The van der Waals surface area contributed by atoms with E-state index in [2.05, 4.69) is 26.2 Å². The molecule has 5 N–H and O–H groups in total. The molecule has 0 aromatic carbocycles. The largest absolute Gasteiger partial charge is 0.394 e. The van der Waals surface area contributed by atoms with Crippen molar-refractivity contribution in [3.05, 3.63) is 12.7 Å². The number of ether oxygens (including phenoxy) is 1. The number of carbonyl (C=O) groups excluding carboxylic acids is 1. The molecule has 0 radical (unpaired) electrons. The molecule has 0 aliphatic carbocycles. The zero-order valence-electron chi connectivity index (χ0n) is 15.6. The number of hydrogen-bond donors (Lipinski definition) is 4. The number of carbonyl (C=O) groups is 1. The lowest BCUT2D eigenvalue weighted by Gasteiger charge is -2.22. The van der Waals surface area contributed by atoms with Crippen LogP contribution in [0.2, 0.25) is 0 Å². The van der Waals surface area contributed by atoms with E-state index < -0.39 is 43.0 Å². The predicted octanol–water partition coefficient (Wildman–Crippen LogP) is -2.02. The molecule has 150 valence electrons. The molecule has 1 saturated heterocycles. The molecule has 11 nitrogen and oxygen atoms in total. The van der Waals surface area contributed by atoms with E-state index in [9.17, 15) is 15.0 Å². The van der Waals surface area contributed by atoms with Crippen LogP contribution in [-0.2, 0) is 9.53 Å². The second-order valence-electron chi connectivity index (χ2n) is 6.70. The number of fused-ring (bicyclic) bond motifs is 1. The number of imidazole rings is 1. The van der Waals surface area contributed by atoms with E-state index in [4.69, 9.17) is 16.9 Å². The van der Waals surface area contributed by atoms with Crippen molar-refractivity contribution in [1.82, 2.24) is 24.8 Å². The number of aliphatic hydroxyl groups excluding tert-OH is 2. The van der Waals surface area contributed by atoms with Crippen molar-refractivity contribution in [1.29, 1.82) is 0 Å². The van der Waals surface area contributed by atoms with E-state index >= 15 is 0 Å². The Balaban J connectivity index is 1.88. The Bertz CT molecular complexity index is 893. The van der Waals surface area contributed by atoms with Crippen LogP contribution in [0.3, 0.4) is 0 Å². The van der Waals surface area contributed by atoms with Crippen LogP contribution in [0.25, 0.3) is 11.2 Å². The van der Waals surface area contributed by atoms with Gasteiger partial charge in [0.05, 0.1) is 25.0 Å². The van der Waals surface area contributed by atoms with Gasteiger partial charge in [-0.05, 0) is 0 Å². The lowest BCUT2D eigenvalue weighted by molar-refractivity contribution is -0.124. The second kappa shape index (κ2) is 8.07. The van der Waals surface area contributed by atoms with Gasteiger partial charge in [-0.15, -0.1) is 12.3 Å². The molecule has 1 fully saturated rings.